The van der Waals surface area contributed by atoms with E-state index in [0.717, 1.165) is 0 Å². The smallest absolute Gasteiger partial charge is 0.545 e. The number of H-pyrrole nitrogens is 1. The summed E-state index contributed by atoms with van der Waals surface area (Å²) < 4.78 is 0. The molecule has 0 fully saturated rings. The van der Waals surface area contributed by atoms with Gasteiger partial charge >= 0.3 is 22.4 Å². The number of rotatable bonds is 2. The number of carboxylic acids is 1. The van der Waals surface area contributed by atoms with Gasteiger partial charge in [0.25, 0.3) is 0 Å². The van der Waals surface area contributed by atoms with E-state index in [4.69, 9.17) is 0 Å². The number of nitrogens with one attached hydrogen (secondary N) is 2. The second-order valence-electron chi connectivity index (χ2n) is 3.15. The fourth-order valence-corrected chi connectivity index (χ4v) is 1.41. The summed E-state index contributed by atoms with van der Waals surface area (Å²) in [5, 5.41) is 23.1. The first kappa shape index (κ1) is 13.4. The maximum absolute atomic E-state index is 11.0. The number of hydrogen-bond donors (Lipinski definition) is 2. The summed E-state index contributed by atoms with van der Waals surface area (Å²) in [6, 6.07) is 2.99. The second kappa shape index (κ2) is 5.09. The van der Waals surface area contributed by atoms with Crippen LogP contribution < -0.4 is 10.4 Å². The number of fused-ring (bicyclic) bond motifs is 1. The molecule has 0 atom stereocenters. The summed E-state index contributed by atoms with van der Waals surface area (Å²) >= 11 is 0. The number of benzene rings is 1. The van der Waals surface area contributed by atoms with Crippen molar-refractivity contribution >= 4 is 28.6 Å². The molecule has 0 bridgehead atoms. The molecule has 0 aliphatic heterocycles. The standard InChI is InChI=1S/C9H8N4O3.Ag/c1-4(14)10-5-2-3-6-8(12-13-11-6)7(5)9(15)16;/h2-3H,1H3,(H,10,14)(H,15,16)(H,11,12,13);/q;+1/p-1. The molecule has 0 spiro atoms. The van der Waals surface area contributed by atoms with Crippen LogP contribution in [0.5, 0.6) is 0 Å². The van der Waals surface area contributed by atoms with Crippen LogP contribution in [-0.2, 0) is 27.2 Å². The van der Waals surface area contributed by atoms with Crippen molar-refractivity contribution in [2.75, 3.05) is 5.32 Å². The van der Waals surface area contributed by atoms with Gasteiger partial charge in [-0.1, -0.05) is 0 Å². The van der Waals surface area contributed by atoms with Crippen LogP contribution in [-0.4, -0.2) is 27.3 Å². The Morgan fingerprint density at radius 2 is 2.06 bits per heavy atom. The van der Waals surface area contributed by atoms with Gasteiger partial charge in [0.1, 0.15) is 11.0 Å². The van der Waals surface area contributed by atoms with Crippen molar-refractivity contribution in [1.82, 2.24) is 15.4 Å². The van der Waals surface area contributed by atoms with E-state index in [1.807, 2.05) is 0 Å². The van der Waals surface area contributed by atoms with Gasteiger partial charge in [0, 0.05) is 6.92 Å². The maximum Gasteiger partial charge on any atom is 1.00 e. The molecule has 1 aromatic carbocycles. The Morgan fingerprint density at radius 3 is 2.65 bits per heavy atom. The Balaban J connectivity index is 0.00000144. The van der Waals surface area contributed by atoms with Gasteiger partial charge in [0.2, 0.25) is 5.91 Å². The van der Waals surface area contributed by atoms with E-state index >= 15 is 0 Å². The number of amides is 1. The molecule has 2 rings (SSSR count). The van der Waals surface area contributed by atoms with Gasteiger partial charge < -0.3 is 15.2 Å². The fourth-order valence-electron chi connectivity index (χ4n) is 1.41. The predicted octanol–water partition coefficient (Wildman–Crippen LogP) is -0.723. The second-order valence-corrected chi connectivity index (χ2v) is 3.15. The quantitative estimate of drug-likeness (QED) is 0.707. The van der Waals surface area contributed by atoms with Gasteiger partial charge in [-0.3, -0.25) is 4.79 Å². The van der Waals surface area contributed by atoms with Gasteiger partial charge in [-0.05, 0) is 12.1 Å². The fraction of sp³-hybridized carbons (Fsp3) is 0.111. The number of anilines is 1. The Bertz CT molecular complexity index is 581. The third-order valence-electron chi connectivity index (χ3n) is 2.00. The average molecular weight is 327 g/mol. The minimum absolute atomic E-state index is 0. The molecule has 1 aromatic heterocycles. The summed E-state index contributed by atoms with van der Waals surface area (Å²) in [6.07, 6.45) is 0. The van der Waals surface area contributed by atoms with E-state index in [0.29, 0.717) is 5.52 Å². The number of hydrogen-bond acceptors (Lipinski definition) is 5. The molecule has 0 unspecified atom stereocenters. The first-order chi connectivity index (χ1) is 7.59. The topological polar surface area (TPSA) is 111 Å². The van der Waals surface area contributed by atoms with E-state index in [2.05, 4.69) is 20.7 Å². The number of carboxylic acid groups (broad SMARTS) is 1. The first-order valence-corrected chi connectivity index (χ1v) is 4.42. The molecule has 0 aliphatic carbocycles. The van der Waals surface area contributed by atoms with Gasteiger partial charge in [-0.2, -0.15) is 15.4 Å². The van der Waals surface area contributed by atoms with Crippen LogP contribution in [0, 0.1) is 0 Å². The first-order valence-electron chi connectivity index (χ1n) is 4.42. The molecule has 2 aromatic rings. The number of carbonyl (C=O) groups is 2. The molecule has 0 radical (unpaired) electrons. The number of aromatic nitrogens is 3. The van der Waals surface area contributed by atoms with Gasteiger partial charge in [0.15, 0.2) is 0 Å². The van der Waals surface area contributed by atoms with Crippen LogP contribution in [0.15, 0.2) is 12.1 Å². The molecule has 1 heterocycles. The molecule has 0 saturated heterocycles. The molecular weight excluding hydrogens is 320 g/mol. The third kappa shape index (κ3) is 2.52. The minimum Gasteiger partial charge on any atom is -0.545 e. The third-order valence-corrected chi connectivity index (χ3v) is 2.00. The number of nitrogens with zero attached hydrogens (tertiary/aromatic N) is 2. The van der Waals surface area contributed by atoms with Gasteiger partial charge in [-0.25, -0.2) is 0 Å². The van der Waals surface area contributed by atoms with E-state index in [1.165, 1.54) is 13.0 Å². The molecular formula is C9H7AgN4O3. The zero-order valence-electron chi connectivity index (χ0n) is 8.58. The molecule has 7 nitrogen and oxygen atoms in total. The molecule has 0 aliphatic rings. The Kier molecular flexibility index (Phi) is 4.00. The van der Waals surface area contributed by atoms with Crippen LogP contribution in [0.1, 0.15) is 17.3 Å². The average Bonchev–Trinajstić information content (AvgIpc) is 2.63. The van der Waals surface area contributed by atoms with Crippen molar-refractivity contribution in [2.24, 2.45) is 0 Å². The van der Waals surface area contributed by atoms with E-state index < -0.39 is 5.97 Å². The van der Waals surface area contributed by atoms with Crippen LogP contribution in [0.2, 0.25) is 0 Å². The van der Waals surface area contributed by atoms with Crippen LogP contribution >= 0.6 is 0 Å². The zero-order chi connectivity index (χ0) is 11.7. The molecule has 17 heavy (non-hydrogen) atoms. The molecule has 8 heteroatoms. The van der Waals surface area contributed by atoms with E-state index in [1.54, 1.807) is 6.07 Å². The monoisotopic (exact) mass is 326 g/mol. The molecule has 1 amide bonds. The number of aromatic carboxylic acids is 1. The zero-order valence-corrected chi connectivity index (χ0v) is 10.1. The normalized spacial score (nSPS) is 9.71. The molecule has 92 valence electrons. The summed E-state index contributed by atoms with van der Waals surface area (Å²) in [7, 11) is 0. The van der Waals surface area contributed by atoms with Crippen molar-refractivity contribution in [1.29, 1.82) is 0 Å². The van der Waals surface area contributed by atoms with Crippen molar-refractivity contribution in [3.63, 3.8) is 0 Å². The van der Waals surface area contributed by atoms with Crippen molar-refractivity contribution in [3.05, 3.63) is 17.7 Å². The molecule has 0 saturated carbocycles. The number of carbonyl (C=O) groups excluding carboxylic acids is 2. The van der Waals surface area contributed by atoms with Crippen LogP contribution in [0.4, 0.5) is 5.69 Å². The number of aromatic amines is 1. The van der Waals surface area contributed by atoms with Gasteiger partial charge in [0.05, 0.1) is 17.2 Å². The summed E-state index contributed by atoms with van der Waals surface area (Å²) in [4.78, 5) is 21.9. The van der Waals surface area contributed by atoms with Crippen molar-refractivity contribution in [3.8, 4) is 0 Å². The minimum atomic E-state index is -1.41. The Labute approximate surface area is 111 Å². The van der Waals surface area contributed by atoms with E-state index in [9.17, 15) is 14.7 Å². The Morgan fingerprint density at radius 1 is 1.35 bits per heavy atom. The predicted molar refractivity (Wildman–Crippen MR) is 52.5 cm³/mol. The van der Waals surface area contributed by atoms with Gasteiger partial charge in [-0.15, -0.1) is 0 Å². The van der Waals surface area contributed by atoms with E-state index in [-0.39, 0.29) is 45.1 Å². The maximum atomic E-state index is 11.0. The SMILES string of the molecule is CC(=O)Nc1ccc2n[nH]nc2c1C(=O)[O-].[Ag+]. The van der Waals surface area contributed by atoms with Crippen LogP contribution in [0.25, 0.3) is 11.0 Å². The molecule has 2 N–H and O–H groups in total. The Hall–Kier alpha value is -1.70. The summed E-state index contributed by atoms with van der Waals surface area (Å²) in [6.45, 7) is 1.28. The largest absolute Gasteiger partial charge is 1.00 e. The van der Waals surface area contributed by atoms with Crippen molar-refractivity contribution < 1.29 is 37.1 Å². The summed E-state index contributed by atoms with van der Waals surface area (Å²) in [5.74, 6) is -1.78. The summed E-state index contributed by atoms with van der Waals surface area (Å²) in [5.41, 5.74) is 0.523. The van der Waals surface area contributed by atoms with Crippen molar-refractivity contribution in [2.45, 2.75) is 6.92 Å². The van der Waals surface area contributed by atoms with Crippen LogP contribution in [0.3, 0.4) is 0 Å².